The van der Waals surface area contributed by atoms with E-state index in [-0.39, 0.29) is 5.82 Å². The maximum Gasteiger partial charge on any atom is 0.126 e. The lowest BCUT2D eigenvalue weighted by Gasteiger charge is -2.30. The van der Waals surface area contributed by atoms with Gasteiger partial charge in [0.15, 0.2) is 0 Å². The fraction of sp³-hybridized carbons (Fsp3) is 0.462. The number of hydrogen-bond acceptors (Lipinski definition) is 2. The molecule has 0 N–H and O–H groups in total. The minimum Gasteiger partial charge on any atom is -0.381 e. The largest absolute Gasteiger partial charge is 0.381 e. The number of ether oxygens (including phenoxy) is 1. The first-order valence-electron chi connectivity index (χ1n) is 5.58. The number of rotatable bonds is 2. The van der Waals surface area contributed by atoms with Crippen LogP contribution in [0.3, 0.4) is 0 Å². The molecule has 1 fully saturated rings. The standard InChI is InChI=1S/C13H13BrFNO/c14-11-1-2-12(15)10(7-11)8-13(9-16)3-5-17-6-4-13/h1-2,7H,3-6,8H2. The van der Waals surface area contributed by atoms with Crippen LogP contribution in [0.1, 0.15) is 18.4 Å². The third kappa shape index (κ3) is 2.85. The van der Waals surface area contributed by atoms with Gasteiger partial charge < -0.3 is 4.74 Å². The third-order valence-corrected chi connectivity index (χ3v) is 3.72. The van der Waals surface area contributed by atoms with Crippen molar-refractivity contribution in [3.05, 3.63) is 34.1 Å². The Kier molecular flexibility index (Phi) is 3.80. The highest BCUT2D eigenvalue weighted by atomic mass is 79.9. The molecule has 1 saturated heterocycles. The molecule has 0 radical (unpaired) electrons. The van der Waals surface area contributed by atoms with Crippen LogP contribution in [0.4, 0.5) is 4.39 Å². The highest BCUT2D eigenvalue weighted by Gasteiger charge is 2.33. The van der Waals surface area contributed by atoms with Crippen molar-refractivity contribution in [3.63, 3.8) is 0 Å². The third-order valence-electron chi connectivity index (χ3n) is 3.22. The second-order valence-corrected chi connectivity index (χ2v) is 5.33. The van der Waals surface area contributed by atoms with Crippen LogP contribution >= 0.6 is 15.9 Å². The summed E-state index contributed by atoms with van der Waals surface area (Å²) >= 11 is 3.33. The Labute approximate surface area is 109 Å². The first-order chi connectivity index (χ1) is 8.15. The van der Waals surface area contributed by atoms with Crippen molar-refractivity contribution >= 4 is 15.9 Å². The van der Waals surface area contributed by atoms with E-state index in [1.807, 2.05) is 0 Å². The Balaban J connectivity index is 2.23. The fourth-order valence-corrected chi connectivity index (χ4v) is 2.54. The number of nitriles is 1. The molecule has 0 atom stereocenters. The van der Waals surface area contributed by atoms with Gasteiger partial charge in [-0.05, 0) is 43.0 Å². The molecule has 0 aliphatic carbocycles. The molecular formula is C13H13BrFNO. The van der Waals surface area contributed by atoms with E-state index in [1.165, 1.54) is 6.07 Å². The number of hydrogen-bond donors (Lipinski definition) is 0. The minimum absolute atomic E-state index is 0.241. The van der Waals surface area contributed by atoms with Gasteiger partial charge in [-0.2, -0.15) is 5.26 Å². The Bertz CT molecular complexity index is 449. The molecular weight excluding hydrogens is 285 g/mol. The molecule has 0 spiro atoms. The Morgan fingerprint density at radius 3 is 2.76 bits per heavy atom. The van der Waals surface area contributed by atoms with Crippen molar-refractivity contribution in [1.82, 2.24) is 0 Å². The molecule has 0 aromatic heterocycles. The van der Waals surface area contributed by atoms with Crippen LogP contribution in [-0.4, -0.2) is 13.2 Å². The Morgan fingerprint density at radius 2 is 2.12 bits per heavy atom. The molecule has 90 valence electrons. The molecule has 17 heavy (non-hydrogen) atoms. The van der Waals surface area contributed by atoms with Crippen molar-refractivity contribution in [1.29, 1.82) is 5.26 Å². The molecule has 4 heteroatoms. The zero-order valence-electron chi connectivity index (χ0n) is 9.38. The quantitative estimate of drug-likeness (QED) is 0.838. The van der Waals surface area contributed by atoms with Crippen LogP contribution in [0.15, 0.2) is 22.7 Å². The van der Waals surface area contributed by atoms with Crippen molar-refractivity contribution < 1.29 is 9.13 Å². The van der Waals surface area contributed by atoms with E-state index in [4.69, 9.17) is 4.74 Å². The molecule has 1 aromatic rings. The minimum atomic E-state index is -0.472. The molecule has 2 rings (SSSR count). The van der Waals surface area contributed by atoms with E-state index in [9.17, 15) is 9.65 Å². The van der Waals surface area contributed by atoms with Crippen molar-refractivity contribution in [2.75, 3.05) is 13.2 Å². The zero-order valence-corrected chi connectivity index (χ0v) is 11.0. The predicted octanol–water partition coefficient (Wildman–Crippen LogP) is 3.45. The maximum atomic E-state index is 13.7. The SMILES string of the molecule is N#CC1(Cc2cc(Br)ccc2F)CCOCC1. The molecule has 0 unspecified atom stereocenters. The average molecular weight is 298 g/mol. The highest BCUT2D eigenvalue weighted by molar-refractivity contribution is 9.10. The summed E-state index contributed by atoms with van der Waals surface area (Å²) in [6.07, 6.45) is 1.81. The number of halogens is 2. The van der Waals surface area contributed by atoms with Gasteiger partial charge in [0.25, 0.3) is 0 Å². The summed E-state index contributed by atoms with van der Waals surface area (Å²) in [5, 5.41) is 9.32. The van der Waals surface area contributed by atoms with E-state index in [0.29, 0.717) is 38.0 Å². The van der Waals surface area contributed by atoms with Gasteiger partial charge in [0.2, 0.25) is 0 Å². The van der Waals surface area contributed by atoms with Gasteiger partial charge in [-0.3, -0.25) is 0 Å². The number of benzene rings is 1. The lowest BCUT2D eigenvalue weighted by Crippen LogP contribution is -2.30. The van der Waals surface area contributed by atoms with E-state index >= 15 is 0 Å². The van der Waals surface area contributed by atoms with Gasteiger partial charge in [0.05, 0.1) is 11.5 Å². The lowest BCUT2D eigenvalue weighted by molar-refractivity contribution is 0.0403. The topological polar surface area (TPSA) is 33.0 Å². The lowest BCUT2D eigenvalue weighted by atomic mass is 9.76. The van der Waals surface area contributed by atoms with Gasteiger partial charge >= 0.3 is 0 Å². The number of nitrogens with zero attached hydrogens (tertiary/aromatic N) is 1. The van der Waals surface area contributed by atoms with Crippen molar-refractivity contribution in [2.24, 2.45) is 5.41 Å². The first kappa shape index (κ1) is 12.5. The van der Waals surface area contributed by atoms with Crippen LogP contribution < -0.4 is 0 Å². The summed E-state index contributed by atoms with van der Waals surface area (Å²) in [5.74, 6) is -0.241. The van der Waals surface area contributed by atoms with E-state index < -0.39 is 5.41 Å². The molecule has 0 saturated carbocycles. The van der Waals surface area contributed by atoms with Gasteiger partial charge in [-0.15, -0.1) is 0 Å². The monoisotopic (exact) mass is 297 g/mol. The van der Waals surface area contributed by atoms with E-state index in [0.717, 1.165) is 4.47 Å². The summed E-state index contributed by atoms with van der Waals surface area (Å²) in [4.78, 5) is 0. The van der Waals surface area contributed by atoms with Crippen LogP contribution in [0.25, 0.3) is 0 Å². The summed E-state index contributed by atoms with van der Waals surface area (Å²) in [6.45, 7) is 1.17. The smallest absolute Gasteiger partial charge is 0.126 e. The second-order valence-electron chi connectivity index (χ2n) is 4.42. The fourth-order valence-electron chi connectivity index (χ4n) is 2.13. The molecule has 1 heterocycles. The summed E-state index contributed by atoms with van der Waals surface area (Å²) in [6, 6.07) is 7.21. The van der Waals surface area contributed by atoms with Crippen molar-refractivity contribution in [2.45, 2.75) is 19.3 Å². The highest BCUT2D eigenvalue weighted by Crippen LogP contribution is 2.34. The summed E-state index contributed by atoms with van der Waals surface area (Å²) < 4.78 is 19.8. The van der Waals surface area contributed by atoms with Gasteiger partial charge in [-0.25, -0.2) is 4.39 Å². The summed E-state index contributed by atoms with van der Waals surface area (Å²) in [5.41, 5.74) is 0.128. The van der Waals surface area contributed by atoms with Crippen LogP contribution in [-0.2, 0) is 11.2 Å². The summed E-state index contributed by atoms with van der Waals surface area (Å²) in [7, 11) is 0. The van der Waals surface area contributed by atoms with Gasteiger partial charge in [0.1, 0.15) is 5.82 Å². The molecule has 2 nitrogen and oxygen atoms in total. The Morgan fingerprint density at radius 1 is 1.41 bits per heavy atom. The van der Waals surface area contributed by atoms with Crippen molar-refractivity contribution in [3.8, 4) is 6.07 Å². The van der Waals surface area contributed by atoms with Crippen LogP contribution in [0.5, 0.6) is 0 Å². The molecule has 1 aliphatic heterocycles. The Hall–Kier alpha value is -0.920. The van der Waals surface area contributed by atoms with Gasteiger partial charge in [0, 0.05) is 17.7 Å². The predicted molar refractivity (Wildman–Crippen MR) is 65.9 cm³/mol. The maximum absolute atomic E-state index is 13.7. The molecule has 1 aromatic carbocycles. The van der Waals surface area contributed by atoms with Crippen LogP contribution in [0.2, 0.25) is 0 Å². The molecule has 0 amide bonds. The van der Waals surface area contributed by atoms with E-state index in [2.05, 4.69) is 22.0 Å². The molecule has 0 bridgehead atoms. The zero-order chi connectivity index (χ0) is 12.3. The van der Waals surface area contributed by atoms with Crippen LogP contribution in [0, 0.1) is 22.6 Å². The van der Waals surface area contributed by atoms with E-state index in [1.54, 1.807) is 12.1 Å². The first-order valence-corrected chi connectivity index (χ1v) is 6.37. The average Bonchev–Trinajstić information content (AvgIpc) is 2.35. The second kappa shape index (κ2) is 5.16. The van der Waals surface area contributed by atoms with Gasteiger partial charge in [-0.1, -0.05) is 15.9 Å². The molecule has 1 aliphatic rings. The normalized spacial score (nSPS) is 18.6.